The van der Waals surface area contributed by atoms with Crippen LogP contribution in [0.5, 0.6) is 0 Å². The van der Waals surface area contributed by atoms with Crippen LogP contribution < -0.4 is 0 Å². The first kappa shape index (κ1) is 12.0. The first-order valence-corrected chi connectivity index (χ1v) is 5.76. The molecule has 0 radical (unpaired) electrons. The topological polar surface area (TPSA) is 46.5 Å². The number of hydrogen-bond donors (Lipinski definition) is 1. The van der Waals surface area contributed by atoms with Gasteiger partial charge in [0.25, 0.3) is 0 Å². The number of ether oxygens (including phenoxy) is 1. The van der Waals surface area contributed by atoms with Crippen LogP contribution in [0.25, 0.3) is 0 Å². The molecule has 4 heteroatoms. The second kappa shape index (κ2) is 4.84. The predicted octanol–water partition coefficient (Wildman–Crippen LogP) is 1.98. The molecule has 0 heterocycles. The Balaban J connectivity index is 2.24. The fraction of sp³-hybridized carbons (Fsp3) is 0.462. The number of aliphatic hydroxyl groups is 1. The lowest BCUT2D eigenvalue weighted by atomic mass is 9.81. The van der Waals surface area contributed by atoms with Crippen LogP contribution in [0.15, 0.2) is 18.2 Å². The van der Waals surface area contributed by atoms with E-state index in [1.165, 1.54) is 12.1 Å². The molecule has 0 amide bonds. The zero-order valence-electron chi connectivity index (χ0n) is 9.65. The highest BCUT2D eigenvalue weighted by Gasteiger charge is 2.34. The molecule has 3 nitrogen and oxygen atoms in total. The molecule has 2 atom stereocenters. The van der Waals surface area contributed by atoms with Gasteiger partial charge in [0.15, 0.2) is 0 Å². The van der Waals surface area contributed by atoms with E-state index in [1.54, 1.807) is 13.0 Å². The zero-order chi connectivity index (χ0) is 12.4. The number of benzene rings is 1. The van der Waals surface area contributed by atoms with E-state index in [1.807, 2.05) is 0 Å². The highest BCUT2D eigenvalue weighted by molar-refractivity contribution is 5.74. The van der Waals surface area contributed by atoms with Crippen molar-refractivity contribution in [3.63, 3.8) is 0 Å². The summed E-state index contributed by atoms with van der Waals surface area (Å²) in [6.07, 6.45) is 0.197. The van der Waals surface area contributed by atoms with Gasteiger partial charge in [-0.15, -0.1) is 0 Å². The molecule has 0 spiro atoms. The third kappa shape index (κ3) is 2.31. The Labute approximate surface area is 99.2 Å². The molecule has 2 rings (SSSR count). The lowest BCUT2D eigenvalue weighted by Crippen LogP contribution is -2.29. The lowest BCUT2D eigenvalue weighted by Gasteiger charge is -2.28. The lowest BCUT2D eigenvalue weighted by molar-refractivity contribution is -0.153. The predicted molar refractivity (Wildman–Crippen MR) is 59.8 cm³/mol. The van der Waals surface area contributed by atoms with Gasteiger partial charge in [-0.25, -0.2) is 4.39 Å². The minimum absolute atomic E-state index is 0.304. The maximum absolute atomic E-state index is 13.0. The Morgan fingerprint density at radius 2 is 2.35 bits per heavy atom. The van der Waals surface area contributed by atoms with Gasteiger partial charge in [0, 0.05) is 0 Å². The van der Waals surface area contributed by atoms with E-state index in [-0.39, 0.29) is 11.8 Å². The molecular formula is C13H15FO3. The second-order valence-electron chi connectivity index (χ2n) is 4.19. The largest absolute Gasteiger partial charge is 0.466 e. The van der Waals surface area contributed by atoms with Crippen LogP contribution in [-0.2, 0) is 16.0 Å². The third-order valence-electron chi connectivity index (χ3n) is 3.12. The van der Waals surface area contributed by atoms with Gasteiger partial charge in [-0.3, -0.25) is 4.79 Å². The Hall–Kier alpha value is -1.42. The van der Waals surface area contributed by atoms with Gasteiger partial charge in [0.1, 0.15) is 5.82 Å². The third-order valence-corrected chi connectivity index (χ3v) is 3.12. The molecule has 1 aliphatic rings. The molecule has 1 aliphatic carbocycles. The Kier molecular flexibility index (Phi) is 3.43. The van der Waals surface area contributed by atoms with Crippen LogP contribution in [0.1, 0.15) is 30.6 Å². The van der Waals surface area contributed by atoms with Crippen LogP contribution >= 0.6 is 0 Å². The highest BCUT2D eigenvalue weighted by Crippen LogP contribution is 2.35. The van der Waals surface area contributed by atoms with E-state index in [0.29, 0.717) is 25.0 Å². The summed E-state index contributed by atoms with van der Waals surface area (Å²) in [5, 5.41) is 10.1. The van der Waals surface area contributed by atoms with E-state index < -0.39 is 12.0 Å². The maximum atomic E-state index is 13.0. The molecule has 0 saturated carbocycles. The maximum Gasteiger partial charge on any atom is 0.311 e. The summed E-state index contributed by atoms with van der Waals surface area (Å²) in [5.41, 5.74) is 1.41. The van der Waals surface area contributed by atoms with E-state index in [9.17, 15) is 14.3 Å². The van der Waals surface area contributed by atoms with E-state index in [0.717, 1.165) is 5.56 Å². The van der Waals surface area contributed by atoms with Crippen molar-refractivity contribution in [1.82, 2.24) is 0 Å². The van der Waals surface area contributed by atoms with Crippen molar-refractivity contribution in [2.75, 3.05) is 6.61 Å². The Bertz CT molecular complexity index is 431. The van der Waals surface area contributed by atoms with Crippen LogP contribution in [0.4, 0.5) is 4.39 Å². The fourth-order valence-corrected chi connectivity index (χ4v) is 2.26. The summed E-state index contributed by atoms with van der Waals surface area (Å²) < 4.78 is 17.9. The zero-order valence-corrected chi connectivity index (χ0v) is 9.65. The molecule has 1 aromatic rings. The Morgan fingerprint density at radius 3 is 3.06 bits per heavy atom. The highest BCUT2D eigenvalue weighted by atomic mass is 19.1. The molecular weight excluding hydrogens is 223 g/mol. The van der Waals surface area contributed by atoms with Crippen molar-refractivity contribution < 1.29 is 19.0 Å². The van der Waals surface area contributed by atoms with Crippen molar-refractivity contribution in [2.24, 2.45) is 5.92 Å². The van der Waals surface area contributed by atoms with Crippen molar-refractivity contribution in [1.29, 1.82) is 0 Å². The van der Waals surface area contributed by atoms with Gasteiger partial charge in [0.05, 0.1) is 18.6 Å². The number of carbonyl (C=O) groups is 1. The number of esters is 1. The smallest absolute Gasteiger partial charge is 0.311 e. The van der Waals surface area contributed by atoms with Gasteiger partial charge in [-0.05, 0) is 43.0 Å². The van der Waals surface area contributed by atoms with Gasteiger partial charge in [-0.1, -0.05) is 6.07 Å². The number of halogens is 1. The van der Waals surface area contributed by atoms with Crippen LogP contribution in [-0.4, -0.2) is 17.7 Å². The van der Waals surface area contributed by atoms with Crippen molar-refractivity contribution in [3.8, 4) is 0 Å². The monoisotopic (exact) mass is 238 g/mol. The van der Waals surface area contributed by atoms with Crippen molar-refractivity contribution in [2.45, 2.75) is 25.9 Å². The summed E-state index contributed by atoms with van der Waals surface area (Å²) in [6, 6.07) is 4.26. The molecule has 1 N–H and O–H groups in total. The van der Waals surface area contributed by atoms with Crippen molar-refractivity contribution in [3.05, 3.63) is 35.1 Å². The fourth-order valence-electron chi connectivity index (χ4n) is 2.26. The van der Waals surface area contributed by atoms with E-state index in [2.05, 4.69) is 0 Å². The summed E-state index contributed by atoms with van der Waals surface area (Å²) in [6.45, 7) is 2.04. The molecule has 0 fully saturated rings. The van der Waals surface area contributed by atoms with Gasteiger partial charge >= 0.3 is 5.97 Å². The average Bonchev–Trinajstić information content (AvgIpc) is 2.29. The summed E-state index contributed by atoms with van der Waals surface area (Å²) in [5.74, 6) is -1.23. The number of hydrogen-bond acceptors (Lipinski definition) is 3. The summed E-state index contributed by atoms with van der Waals surface area (Å²) in [7, 11) is 0. The normalized spacial score (nSPS) is 23.0. The standard InChI is InChI=1S/C13H15FO3/c1-2-17-13(16)11-5-3-8-7-9(14)4-6-10(8)12(11)15/h4,6-7,11-12,15H,2-3,5H2,1H3/t11-,12+/m0/s1. The molecule has 0 saturated heterocycles. The first-order valence-electron chi connectivity index (χ1n) is 5.76. The summed E-state index contributed by atoms with van der Waals surface area (Å²) >= 11 is 0. The number of aliphatic hydroxyl groups excluding tert-OH is 1. The van der Waals surface area contributed by atoms with Gasteiger partial charge < -0.3 is 9.84 Å². The molecule has 17 heavy (non-hydrogen) atoms. The van der Waals surface area contributed by atoms with E-state index in [4.69, 9.17) is 4.74 Å². The van der Waals surface area contributed by atoms with Crippen molar-refractivity contribution >= 4 is 5.97 Å². The Morgan fingerprint density at radius 1 is 1.59 bits per heavy atom. The molecule has 0 unspecified atom stereocenters. The van der Waals surface area contributed by atoms with Gasteiger partial charge in [-0.2, -0.15) is 0 Å². The quantitative estimate of drug-likeness (QED) is 0.801. The minimum Gasteiger partial charge on any atom is -0.466 e. The number of fused-ring (bicyclic) bond motifs is 1. The molecule has 92 valence electrons. The van der Waals surface area contributed by atoms with E-state index >= 15 is 0 Å². The molecule has 1 aromatic carbocycles. The van der Waals surface area contributed by atoms with Crippen LogP contribution in [0.2, 0.25) is 0 Å². The number of rotatable bonds is 2. The minimum atomic E-state index is -0.890. The second-order valence-corrected chi connectivity index (χ2v) is 4.19. The molecule has 0 bridgehead atoms. The SMILES string of the molecule is CCOC(=O)[C@H]1CCc2cc(F)ccc2[C@H]1O. The molecule has 0 aromatic heterocycles. The van der Waals surface area contributed by atoms with Crippen LogP contribution in [0.3, 0.4) is 0 Å². The molecule has 0 aliphatic heterocycles. The van der Waals surface area contributed by atoms with Crippen LogP contribution in [0, 0.1) is 11.7 Å². The summed E-state index contributed by atoms with van der Waals surface area (Å²) in [4.78, 5) is 11.6. The average molecular weight is 238 g/mol. The number of carbonyl (C=O) groups excluding carboxylic acids is 1. The van der Waals surface area contributed by atoms with Gasteiger partial charge in [0.2, 0.25) is 0 Å². The first-order chi connectivity index (χ1) is 8.13. The number of aryl methyl sites for hydroxylation is 1.